The maximum Gasteiger partial charge on any atom is 0.251 e. The SMILES string of the molecule is O=C(NCc1cc2ccccc2o1)c1cccc(S(=O)(=O)N2CCN(c3ccc(F)cc3)CC2)c1. The number of carbonyl (C=O) groups is 1. The van der Waals surface area contributed by atoms with E-state index in [2.05, 4.69) is 5.32 Å². The lowest BCUT2D eigenvalue weighted by Gasteiger charge is -2.35. The summed E-state index contributed by atoms with van der Waals surface area (Å²) in [5.41, 5.74) is 1.85. The van der Waals surface area contributed by atoms with Gasteiger partial charge in [-0.25, -0.2) is 12.8 Å². The highest BCUT2D eigenvalue weighted by Crippen LogP contribution is 2.23. The Bertz CT molecular complexity index is 1430. The van der Waals surface area contributed by atoms with Gasteiger partial charge in [0, 0.05) is 42.8 Å². The van der Waals surface area contributed by atoms with E-state index in [1.165, 1.54) is 28.6 Å². The van der Waals surface area contributed by atoms with Crippen LogP contribution in [0.3, 0.4) is 0 Å². The van der Waals surface area contributed by atoms with Crippen molar-refractivity contribution in [3.8, 4) is 0 Å². The van der Waals surface area contributed by atoms with E-state index in [1.807, 2.05) is 35.2 Å². The highest BCUT2D eigenvalue weighted by atomic mass is 32.2. The molecule has 0 saturated carbocycles. The molecule has 7 nitrogen and oxygen atoms in total. The maximum absolute atomic E-state index is 13.2. The molecule has 5 rings (SSSR count). The van der Waals surface area contributed by atoms with Crippen LogP contribution in [0.1, 0.15) is 16.1 Å². The number of carbonyl (C=O) groups excluding carboxylic acids is 1. The molecule has 35 heavy (non-hydrogen) atoms. The third-order valence-corrected chi connectivity index (χ3v) is 7.96. The predicted octanol–water partition coefficient (Wildman–Crippen LogP) is 4.01. The molecule has 1 fully saturated rings. The number of nitrogens with zero attached hydrogens (tertiary/aromatic N) is 2. The van der Waals surface area contributed by atoms with Gasteiger partial charge in [-0.2, -0.15) is 4.31 Å². The second-order valence-corrected chi connectivity index (χ2v) is 10.3. The number of piperazine rings is 1. The van der Waals surface area contributed by atoms with Crippen molar-refractivity contribution in [2.75, 3.05) is 31.1 Å². The fraction of sp³-hybridized carbons (Fsp3) is 0.192. The lowest BCUT2D eigenvalue weighted by Crippen LogP contribution is -2.48. The van der Waals surface area contributed by atoms with Gasteiger partial charge in [-0.1, -0.05) is 24.3 Å². The molecule has 0 atom stereocenters. The molecule has 1 amide bonds. The molecule has 1 aliphatic rings. The Labute approximate surface area is 202 Å². The van der Waals surface area contributed by atoms with Gasteiger partial charge in [0.25, 0.3) is 5.91 Å². The Balaban J connectivity index is 1.24. The van der Waals surface area contributed by atoms with Crippen molar-refractivity contribution in [2.45, 2.75) is 11.4 Å². The van der Waals surface area contributed by atoms with E-state index in [4.69, 9.17) is 4.42 Å². The summed E-state index contributed by atoms with van der Waals surface area (Å²) in [7, 11) is -3.77. The van der Waals surface area contributed by atoms with E-state index >= 15 is 0 Å². The van der Waals surface area contributed by atoms with E-state index < -0.39 is 10.0 Å². The third-order valence-electron chi connectivity index (χ3n) is 6.06. The molecule has 9 heteroatoms. The van der Waals surface area contributed by atoms with E-state index in [0.29, 0.717) is 31.9 Å². The normalized spacial score (nSPS) is 14.8. The van der Waals surface area contributed by atoms with Gasteiger partial charge in [0.1, 0.15) is 17.2 Å². The third kappa shape index (κ3) is 4.91. The quantitative estimate of drug-likeness (QED) is 0.439. The largest absolute Gasteiger partial charge is 0.459 e. The number of hydrogen-bond donors (Lipinski definition) is 1. The summed E-state index contributed by atoms with van der Waals surface area (Å²) < 4.78 is 46.8. The number of nitrogens with one attached hydrogen (secondary N) is 1. The fourth-order valence-corrected chi connectivity index (χ4v) is 5.65. The van der Waals surface area contributed by atoms with Gasteiger partial charge >= 0.3 is 0 Å². The van der Waals surface area contributed by atoms with Crippen LogP contribution in [0.2, 0.25) is 0 Å². The molecule has 1 aliphatic heterocycles. The zero-order valence-corrected chi connectivity index (χ0v) is 19.7. The Morgan fingerprint density at radius 2 is 1.66 bits per heavy atom. The smallest absolute Gasteiger partial charge is 0.251 e. The lowest BCUT2D eigenvalue weighted by molar-refractivity contribution is 0.0948. The van der Waals surface area contributed by atoms with Crippen molar-refractivity contribution in [2.24, 2.45) is 0 Å². The number of para-hydroxylation sites is 1. The number of anilines is 1. The van der Waals surface area contributed by atoms with Crippen LogP contribution in [-0.2, 0) is 16.6 Å². The molecule has 1 saturated heterocycles. The number of halogens is 1. The van der Waals surface area contributed by atoms with Crippen LogP contribution in [0.4, 0.5) is 10.1 Å². The Hall–Kier alpha value is -3.69. The second-order valence-electron chi connectivity index (χ2n) is 8.33. The first-order valence-electron chi connectivity index (χ1n) is 11.3. The van der Waals surface area contributed by atoms with Crippen molar-refractivity contribution in [1.29, 1.82) is 0 Å². The summed E-state index contributed by atoms with van der Waals surface area (Å²) in [5.74, 6) is -0.0811. The van der Waals surface area contributed by atoms with Gasteiger partial charge < -0.3 is 14.6 Å². The van der Waals surface area contributed by atoms with Crippen LogP contribution in [0.5, 0.6) is 0 Å². The van der Waals surface area contributed by atoms with Crippen LogP contribution >= 0.6 is 0 Å². The first-order valence-corrected chi connectivity index (χ1v) is 12.7. The van der Waals surface area contributed by atoms with Crippen LogP contribution in [0, 0.1) is 5.82 Å². The monoisotopic (exact) mass is 493 g/mol. The Morgan fingerprint density at radius 3 is 2.40 bits per heavy atom. The summed E-state index contributed by atoms with van der Waals surface area (Å²) in [4.78, 5) is 14.8. The molecule has 180 valence electrons. The minimum Gasteiger partial charge on any atom is -0.459 e. The number of amides is 1. The molecule has 0 aliphatic carbocycles. The highest BCUT2D eigenvalue weighted by molar-refractivity contribution is 7.89. The van der Waals surface area contributed by atoms with Gasteiger partial charge in [-0.3, -0.25) is 4.79 Å². The Morgan fingerprint density at radius 1 is 0.914 bits per heavy atom. The van der Waals surface area contributed by atoms with Gasteiger partial charge in [-0.05, 0) is 54.6 Å². The fourth-order valence-electron chi connectivity index (χ4n) is 4.18. The zero-order valence-electron chi connectivity index (χ0n) is 18.9. The van der Waals surface area contributed by atoms with Crippen molar-refractivity contribution in [3.05, 3.63) is 96.0 Å². The van der Waals surface area contributed by atoms with E-state index in [-0.39, 0.29) is 28.7 Å². The molecule has 2 heterocycles. The highest BCUT2D eigenvalue weighted by Gasteiger charge is 2.29. The first-order chi connectivity index (χ1) is 16.9. The number of benzene rings is 3. The van der Waals surface area contributed by atoms with Crippen LogP contribution in [0.15, 0.2) is 88.2 Å². The molecule has 3 aromatic carbocycles. The van der Waals surface area contributed by atoms with Gasteiger partial charge in [-0.15, -0.1) is 0 Å². The molecule has 0 bridgehead atoms. The molecular weight excluding hydrogens is 469 g/mol. The Kier molecular flexibility index (Phi) is 6.27. The minimum atomic E-state index is -3.77. The van der Waals surface area contributed by atoms with Gasteiger partial charge in [0.2, 0.25) is 10.0 Å². The standard InChI is InChI=1S/C26H24FN3O4S/c27-21-8-10-22(11-9-21)29-12-14-30(15-13-29)35(32,33)24-6-3-5-20(17-24)26(31)28-18-23-16-19-4-1-2-7-25(19)34-23/h1-11,16-17H,12-15,18H2,(H,28,31). The first kappa shape index (κ1) is 23.1. The second kappa shape index (κ2) is 9.52. The predicted molar refractivity (Wildman–Crippen MR) is 131 cm³/mol. The number of fused-ring (bicyclic) bond motifs is 1. The van der Waals surface area contributed by atoms with E-state index in [1.54, 1.807) is 24.3 Å². The molecule has 0 radical (unpaired) electrons. The van der Waals surface area contributed by atoms with Gasteiger partial charge in [0.05, 0.1) is 11.4 Å². The van der Waals surface area contributed by atoms with E-state index in [9.17, 15) is 17.6 Å². The number of furan rings is 1. The topological polar surface area (TPSA) is 82.9 Å². The van der Waals surface area contributed by atoms with Crippen molar-refractivity contribution >= 4 is 32.6 Å². The van der Waals surface area contributed by atoms with Crippen molar-refractivity contribution < 1.29 is 22.0 Å². The van der Waals surface area contributed by atoms with E-state index in [0.717, 1.165) is 16.7 Å². The summed E-state index contributed by atoms with van der Waals surface area (Å²) in [5, 5.41) is 3.74. The van der Waals surface area contributed by atoms with Crippen molar-refractivity contribution in [3.63, 3.8) is 0 Å². The lowest BCUT2D eigenvalue weighted by atomic mass is 10.2. The average molecular weight is 494 g/mol. The van der Waals surface area contributed by atoms with Crippen LogP contribution in [0.25, 0.3) is 11.0 Å². The summed E-state index contributed by atoms with van der Waals surface area (Å²) in [6, 6.07) is 21.6. The number of rotatable bonds is 6. The number of hydrogen-bond acceptors (Lipinski definition) is 5. The maximum atomic E-state index is 13.2. The molecule has 0 spiro atoms. The summed E-state index contributed by atoms with van der Waals surface area (Å²) in [6.07, 6.45) is 0. The molecule has 4 aromatic rings. The van der Waals surface area contributed by atoms with Gasteiger partial charge in [0.15, 0.2) is 0 Å². The number of sulfonamides is 1. The molecule has 1 aromatic heterocycles. The molecular formula is C26H24FN3O4S. The minimum absolute atomic E-state index is 0.0733. The summed E-state index contributed by atoms with van der Waals surface area (Å²) in [6.45, 7) is 1.76. The van der Waals surface area contributed by atoms with Crippen LogP contribution < -0.4 is 10.2 Å². The molecule has 1 N–H and O–H groups in total. The molecule has 0 unspecified atom stereocenters. The average Bonchev–Trinajstić information content (AvgIpc) is 3.31. The van der Waals surface area contributed by atoms with Crippen LogP contribution in [-0.4, -0.2) is 44.8 Å². The zero-order chi connectivity index (χ0) is 24.4. The van der Waals surface area contributed by atoms with Crippen molar-refractivity contribution in [1.82, 2.24) is 9.62 Å². The summed E-state index contributed by atoms with van der Waals surface area (Å²) >= 11 is 0.